The largest absolute Gasteiger partial charge is 0.493 e. The van der Waals surface area contributed by atoms with E-state index in [2.05, 4.69) is 10.6 Å². The maximum absolute atomic E-state index is 12.0. The number of ether oxygens (including phenoxy) is 2. The Bertz CT molecular complexity index is 684. The number of carbonyl (C=O) groups is 1. The second-order valence-corrected chi connectivity index (χ2v) is 5.72. The first-order valence-electron chi connectivity index (χ1n) is 8.49. The van der Waals surface area contributed by atoms with Gasteiger partial charge in [0.25, 0.3) is 5.91 Å². The zero-order valence-corrected chi connectivity index (χ0v) is 15.1. The van der Waals surface area contributed by atoms with Crippen LogP contribution in [0.2, 0.25) is 0 Å². The summed E-state index contributed by atoms with van der Waals surface area (Å²) in [5.41, 5.74) is 2.93. The van der Waals surface area contributed by atoms with Crippen LogP contribution in [0.3, 0.4) is 0 Å². The van der Waals surface area contributed by atoms with Gasteiger partial charge < -0.3 is 20.1 Å². The Labute approximate surface area is 149 Å². The molecule has 2 N–H and O–H groups in total. The molecule has 0 atom stereocenters. The van der Waals surface area contributed by atoms with Crippen LogP contribution in [-0.4, -0.2) is 32.7 Å². The van der Waals surface area contributed by atoms with E-state index >= 15 is 0 Å². The number of benzene rings is 2. The van der Waals surface area contributed by atoms with E-state index < -0.39 is 0 Å². The first kappa shape index (κ1) is 18.8. The van der Waals surface area contributed by atoms with Crippen LogP contribution in [0.5, 0.6) is 11.5 Å². The number of hydrogen-bond acceptors (Lipinski definition) is 4. The second-order valence-electron chi connectivity index (χ2n) is 5.72. The molecule has 5 heteroatoms. The van der Waals surface area contributed by atoms with Gasteiger partial charge >= 0.3 is 0 Å². The summed E-state index contributed by atoms with van der Waals surface area (Å²) in [7, 11) is 1.63. The van der Waals surface area contributed by atoms with Gasteiger partial charge in [-0.05, 0) is 43.7 Å². The van der Waals surface area contributed by atoms with Crippen LogP contribution in [0.25, 0.3) is 0 Å². The lowest BCUT2D eigenvalue weighted by Crippen LogP contribution is -2.31. The van der Waals surface area contributed by atoms with Crippen molar-refractivity contribution in [1.82, 2.24) is 10.6 Å². The van der Waals surface area contributed by atoms with Crippen LogP contribution in [0, 0.1) is 6.92 Å². The quantitative estimate of drug-likeness (QED) is 0.688. The van der Waals surface area contributed by atoms with Gasteiger partial charge in [-0.3, -0.25) is 4.79 Å². The molecule has 0 aliphatic rings. The van der Waals surface area contributed by atoms with E-state index in [9.17, 15) is 4.79 Å². The van der Waals surface area contributed by atoms with Crippen LogP contribution in [0.1, 0.15) is 28.4 Å². The highest BCUT2D eigenvalue weighted by Crippen LogP contribution is 2.27. The predicted octanol–water partition coefficient (Wildman–Crippen LogP) is 2.92. The Balaban J connectivity index is 1.74. The minimum atomic E-state index is -0.0510. The van der Waals surface area contributed by atoms with Crippen molar-refractivity contribution in [2.75, 3.05) is 26.8 Å². The molecule has 5 nitrogen and oxygen atoms in total. The maximum atomic E-state index is 12.0. The monoisotopic (exact) mass is 342 g/mol. The number of nitrogens with one attached hydrogen (secondary N) is 2. The molecule has 0 spiro atoms. The summed E-state index contributed by atoms with van der Waals surface area (Å²) in [6.07, 6.45) is 0. The summed E-state index contributed by atoms with van der Waals surface area (Å²) in [5, 5.41) is 6.22. The van der Waals surface area contributed by atoms with Gasteiger partial charge in [-0.2, -0.15) is 0 Å². The van der Waals surface area contributed by atoms with Crippen LogP contribution in [0.15, 0.2) is 42.5 Å². The summed E-state index contributed by atoms with van der Waals surface area (Å²) in [5.74, 6) is 1.43. The summed E-state index contributed by atoms with van der Waals surface area (Å²) >= 11 is 0. The summed E-state index contributed by atoms with van der Waals surface area (Å²) in [6, 6.07) is 13.4. The molecule has 0 aliphatic carbocycles. The molecule has 1 amide bonds. The van der Waals surface area contributed by atoms with Crippen molar-refractivity contribution in [2.45, 2.75) is 20.4 Å². The van der Waals surface area contributed by atoms with Crippen LogP contribution < -0.4 is 20.1 Å². The van der Waals surface area contributed by atoms with Gasteiger partial charge in [0.15, 0.2) is 11.5 Å². The Morgan fingerprint density at radius 3 is 2.48 bits per heavy atom. The fraction of sp³-hybridized carbons (Fsp3) is 0.350. The Kier molecular flexibility index (Phi) is 7.29. The zero-order valence-electron chi connectivity index (χ0n) is 15.1. The first-order valence-corrected chi connectivity index (χ1v) is 8.49. The number of amides is 1. The molecule has 2 aromatic rings. The van der Waals surface area contributed by atoms with E-state index in [4.69, 9.17) is 9.47 Å². The third-order valence-corrected chi connectivity index (χ3v) is 3.76. The summed E-state index contributed by atoms with van der Waals surface area (Å²) < 4.78 is 10.9. The molecule has 0 radical (unpaired) electrons. The van der Waals surface area contributed by atoms with E-state index in [0.717, 1.165) is 22.6 Å². The highest BCUT2D eigenvalue weighted by molar-refractivity contribution is 5.94. The SMILES string of the molecule is CCOc1cc(CNCCNC(=O)c2ccc(C)cc2)ccc1OC. The normalized spacial score (nSPS) is 10.4. The smallest absolute Gasteiger partial charge is 0.251 e. The molecule has 0 fully saturated rings. The highest BCUT2D eigenvalue weighted by atomic mass is 16.5. The second kappa shape index (κ2) is 9.69. The van der Waals surface area contributed by atoms with Crippen LogP contribution in [0.4, 0.5) is 0 Å². The summed E-state index contributed by atoms with van der Waals surface area (Å²) in [4.78, 5) is 12.0. The molecule has 2 rings (SSSR count). The van der Waals surface area contributed by atoms with Gasteiger partial charge in [-0.25, -0.2) is 0 Å². The molecule has 0 aliphatic heterocycles. The third-order valence-electron chi connectivity index (χ3n) is 3.76. The number of rotatable bonds is 9. The minimum Gasteiger partial charge on any atom is -0.493 e. The van der Waals surface area contributed by atoms with Crippen molar-refractivity contribution in [1.29, 1.82) is 0 Å². The molecule has 0 saturated carbocycles. The summed E-state index contributed by atoms with van der Waals surface area (Å²) in [6.45, 7) is 6.50. The first-order chi connectivity index (χ1) is 12.1. The van der Waals surface area contributed by atoms with E-state index in [1.54, 1.807) is 7.11 Å². The van der Waals surface area contributed by atoms with Crippen LogP contribution >= 0.6 is 0 Å². The molecule has 0 saturated heterocycles. The van der Waals surface area contributed by atoms with Crippen molar-refractivity contribution in [3.8, 4) is 11.5 Å². The lowest BCUT2D eigenvalue weighted by molar-refractivity contribution is 0.0954. The van der Waals surface area contributed by atoms with E-state index in [1.807, 2.05) is 56.3 Å². The molecule has 0 aromatic heterocycles. The number of aryl methyl sites for hydroxylation is 1. The average molecular weight is 342 g/mol. The van der Waals surface area contributed by atoms with E-state index in [0.29, 0.717) is 31.8 Å². The zero-order chi connectivity index (χ0) is 18.1. The standard InChI is InChI=1S/C20H26N2O3/c1-4-25-19-13-16(7-10-18(19)24-3)14-21-11-12-22-20(23)17-8-5-15(2)6-9-17/h5-10,13,21H,4,11-12,14H2,1-3H3,(H,22,23). The van der Waals surface area contributed by atoms with Crippen molar-refractivity contribution >= 4 is 5.91 Å². The molecular formula is C20H26N2O3. The van der Waals surface area contributed by atoms with Crippen molar-refractivity contribution < 1.29 is 14.3 Å². The predicted molar refractivity (Wildman–Crippen MR) is 99.4 cm³/mol. The molecule has 0 unspecified atom stereocenters. The molecule has 0 bridgehead atoms. The molecule has 25 heavy (non-hydrogen) atoms. The van der Waals surface area contributed by atoms with Gasteiger partial charge in [-0.1, -0.05) is 23.8 Å². The Hall–Kier alpha value is -2.53. The average Bonchev–Trinajstić information content (AvgIpc) is 2.62. The van der Waals surface area contributed by atoms with E-state index in [1.165, 1.54) is 0 Å². The van der Waals surface area contributed by atoms with Gasteiger partial charge in [-0.15, -0.1) is 0 Å². The number of hydrogen-bond donors (Lipinski definition) is 2. The van der Waals surface area contributed by atoms with E-state index in [-0.39, 0.29) is 5.91 Å². The van der Waals surface area contributed by atoms with Gasteiger partial charge in [0.1, 0.15) is 0 Å². The third kappa shape index (κ3) is 5.80. The Morgan fingerprint density at radius 2 is 1.80 bits per heavy atom. The Morgan fingerprint density at radius 1 is 1.04 bits per heavy atom. The minimum absolute atomic E-state index is 0.0510. The number of carbonyl (C=O) groups excluding carboxylic acids is 1. The fourth-order valence-electron chi connectivity index (χ4n) is 2.40. The molecule has 134 valence electrons. The maximum Gasteiger partial charge on any atom is 0.251 e. The van der Waals surface area contributed by atoms with Gasteiger partial charge in [0.05, 0.1) is 13.7 Å². The molecule has 2 aromatic carbocycles. The van der Waals surface area contributed by atoms with Gasteiger partial charge in [0, 0.05) is 25.2 Å². The number of methoxy groups -OCH3 is 1. The highest BCUT2D eigenvalue weighted by Gasteiger charge is 2.06. The van der Waals surface area contributed by atoms with Crippen molar-refractivity contribution in [3.05, 3.63) is 59.2 Å². The lowest BCUT2D eigenvalue weighted by Gasteiger charge is -2.12. The van der Waals surface area contributed by atoms with Gasteiger partial charge in [0.2, 0.25) is 0 Å². The van der Waals surface area contributed by atoms with Crippen LogP contribution in [-0.2, 0) is 6.54 Å². The lowest BCUT2D eigenvalue weighted by atomic mass is 10.1. The topological polar surface area (TPSA) is 59.6 Å². The molecule has 0 heterocycles. The molecular weight excluding hydrogens is 316 g/mol. The van der Waals surface area contributed by atoms with Crippen molar-refractivity contribution in [2.24, 2.45) is 0 Å². The fourth-order valence-corrected chi connectivity index (χ4v) is 2.40. The van der Waals surface area contributed by atoms with Crippen molar-refractivity contribution in [3.63, 3.8) is 0 Å².